The fourth-order valence-electron chi connectivity index (χ4n) is 3.21. The van der Waals surface area contributed by atoms with Crippen molar-refractivity contribution in [3.05, 3.63) is 82.4 Å². The summed E-state index contributed by atoms with van der Waals surface area (Å²) in [5, 5.41) is 15.9. The van der Waals surface area contributed by atoms with Crippen LogP contribution in [0, 0.1) is 10.1 Å². The number of thioether (sulfide) groups is 1. The van der Waals surface area contributed by atoms with Gasteiger partial charge in [-0.15, -0.1) is 11.8 Å². The number of nitrogens with one attached hydrogen (secondary N) is 1. The van der Waals surface area contributed by atoms with E-state index in [1.54, 1.807) is 28.8 Å². The van der Waals surface area contributed by atoms with Gasteiger partial charge in [0.2, 0.25) is 0 Å². The topological polar surface area (TPSA) is 75.5 Å². The Bertz CT molecular complexity index is 1020. The lowest BCUT2D eigenvalue weighted by Gasteiger charge is -2.24. The normalized spacial score (nSPS) is 16.4. The van der Waals surface area contributed by atoms with E-state index in [1.165, 1.54) is 6.07 Å². The van der Waals surface area contributed by atoms with Crippen molar-refractivity contribution in [2.75, 3.05) is 17.6 Å². The number of anilines is 1. The van der Waals surface area contributed by atoms with Gasteiger partial charge in [0, 0.05) is 30.1 Å². The van der Waals surface area contributed by atoms with Gasteiger partial charge in [0.15, 0.2) is 0 Å². The third kappa shape index (κ3) is 3.59. The zero-order valence-electron chi connectivity index (χ0n) is 14.4. The average molecular weight is 379 g/mol. The number of nitro benzene ring substituents is 1. The quantitative estimate of drug-likeness (QED) is 0.512. The van der Waals surface area contributed by atoms with Crippen molar-refractivity contribution in [2.45, 2.75) is 5.37 Å². The maximum absolute atomic E-state index is 12.8. The summed E-state index contributed by atoms with van der Waals surface area (Å²) in [5.41, 5.74) is 1.53. The Morgan fingerprint density at radius 3 is 2.70 bits per heavy atom. The van der Waals surface area contributed by atoms with E-state index in [2.05, 4.69) is 5.32 Å². The van der Waals surface area contributed by atoms with Crippen LogP contribution in [0.15, 0.2) is 66.7 Å². The molecule has 3 aromatic rings. The molecule has 1 atom stereocenters. The molecule has 0 spiro atoms. The van der Waals surface area contributed by atoms with Crippen LogP contribution < -0.4 is 5.32 Å². The largest absolute Gasteiger partial charge is 0.323 e. The summed E-state index contributed by atoms with van der Waals surface area (Å²) in [5.74, 6) is 0.790. The molecule has 2 amide bonds. The van der Waals surface area contributed by atoms with E-state index in [0.29, 0.717) is 6.54 Å². The molecule has 0 aliphatic carbocycles. The molecule has 1 aliphatic heterocycles. The molecule has 1 saturated heterocycles. The first-order chi connectivity index (χ1) is 13.1. The number of non-ortho nitro benzene ring substituents is 1. The van der Waals surface area contributed by atoms with E-state index >= 15 is 0 Å². The van der Waals surface area contributed by atoms with Gasteiger partial charge in [-0.3, -0.25) is 10.1 Å². The average Bonchev–Trinajstić information content (AvgIpc) is 3.18. The van der Waals surface area contributed by atoms with E-state index in [-0.39, 0.29) is 17.1 Å². The maximum Gasteiger partial charge on any atom is 0.323 e. The van der Waals surface area contributed by atoms with E-state index in [0.717, 1.165) is 27.8 Å². The summed E-state index contributed by atoms with van der Waals surface area (Å²) in [4.78, 5) is 25.2. The van der Waals surface area contributed by atoms with Crippen molar-refractivity contribution in [2.24, 2.45) is 0 Å². The molecule has 6 nitrogen and oxygen atoms in total. The summed E-state index contributed by atoms with van der Waals surface area (Å²) >= 11 is 1.61. The first-order valence-corrected chi connectivity index (χ1v) is 9.59. The Morgan fingerprint density at radius 2 is 1.89 bits per heavy atom. The number of nitrogens with zero attached hydrogens (tertiary/aromatic N) is 2. The Balaban J connectivity index is 1.55. The predicted molar refractivity (Wildman–Crippen MR) is 108 cm³/mol. The number of carbonyl (C=O) groups is 1. The minimum Gasteiger partial charge on any atom is -0.308 e. The van der Waals surface area contributed by atoms with Crippen LogP contribution >= 0.6 is 11.8 Å². The molecule has 7 heteroatoms. The van der Waals surface area contributed by atoms with Crippen molar-refractivity contribution in [1.82, 2.24) is 4.90 Å². The van der Waals surface area contributed by atoms with Crippen molar-refractivity contribution in [3.8, 4) is 0 Å². The highest BCUT2D eigenvalue weighted by Crippen LogP contribution is 2.39. The Labute approximate surface area is 160 Å². The van der Waals surface area contributed by atoms with Gasteiger partial charge < -0.3 is 10.2 Å². The maximum atomic E-state index is 12.8. The first kappa shape index (κ1) is 17.4. The molecule has 136 valence electrons. The van der Waals surface area contributed by atoms with Crippen LogP contribution in [0.25, 0.3) is 10.8 Å². The summed E-state index contributed by atoms with van der Waals surface area (Å²) in [6.07, 6.45) is 0. The predicted octanol–water partition coefficient (Wildman–Crippen LogP) is 5.03. The highest BCUT2D eigenvalue weighted by molar-refractivity contribution is 7.99. The summed E-state index contributed by atoms with van der Waals surface area (Å²) in [7, 11) is 0. The summed E-state index contributed by atoms with van der Waals surface area (Å²) < 4.78 is 0. The van der Waals surface area contributed by atoms with Gasteiger partial charge in [0.05, 0.1) is 4.92 Å². The molecule has 27 heavy (non-hydrogen) atoms. The number of benzene rings is 3. The van der Waals surface area contributed by atoms with E-state index in [9.17, 15) is 14.9 Å². The lowest BCUT2D eigenvalue weighted by molar-refractivity contribution is -0.384. The molecule has 1 fully saturated rings. The number of hydrogen-bond donors (Lipinski definition) is 1. The van der Waals surface area contributed by atoms with Gasteiger partial charge in [-0.2, -0.15) is 0 Å². The molecule has 0 saturated carbocycles. The SMILES string of the molecule is O=C(Nc1ccc2ccccc2c1)N1CCS[C@@H]1c1cccc([N+](=O)[O-])c1. The van der Waals surface area contributed by atoms with E-state index < -0.39 is 4.92 Å². The monoisotopic (exact) mass is 379 g/mol. The van der Waals surface area contributed by atoms with Crippen molar-refractivity contribution < 1.29 is 9.72 Å². The van der Waals surface area contributed by atoms with Gasteiger partial charge >= 0.3 is 6.03 Å². The number of urea groups is 1. The first-order valence-electron chi connectivity index (χ1n) is 8.54. The second kappa shape index (κ2) is 7.28. The van der Waals surface area contributed by atoms with Crippen LogP contribution in [0.4, 0.5) is 16.2 Å². The molecule has 3 aromatic carbocycles. The Hall–Kier alpha value is -3.06. The molecule has 0 bridgehead atoms. The number of rotatable bonds is 3. The number of amides is 2. The summed E-state index contributed by atoms with van der Waals surface area (Å²) in [6, 6.07) is 20.0. The molecule has 0 unspecified atom stereocenters. The zero-order chi connectivity index (χ0) is 18.8. The van der Waals surface area contributed by atoms with Crippen molar-refractivity contribution >= 4 is 39.9 Å². The minimum atomic E-state index is -0.414. The number of nitro groups is 1. The Morgan fingerprint density at radius 1 is 1.07 bits per heavy atom. The van der Waals surface area contributed by atoms with Gasteiger partial charge in [0.1, 0.15) is 5.37 Å². The molecule has 1 aliphatic rings. The van der Waals surface area contributed by atoms with Gasteiger partial charge in [0.25, 0.3) is 5.69 Å². The van der Waals surface area contributed by atoms with E-state index in [4.69, 9.17) is 0 Å². The van der Waals surface area contributed by atoms with Crippen LogP contribution in [0.5, 0.6) is 0 Å². The second-order valence-electron chi connectivity index (χ2n) is 6.26. The minimum absolute atomic E-state index is 0.0369. The molecular weight excluding hydrogens is 362 g/mol. The van der Waals surface area contributed by atoms with Crippen LogP contribution in [-0.2, 0) is 0 Å². The highest BCUT2D eigenvalue weighted by Gasteiger charge is 2.31. The molecule has 0 radical (unpaired) electrons. The third-order valence-electron chi connectivity index (χ3n) is 4.52. The number of carbonyl (C=O) groups excluding carboxylic acids is 1. The highest BCUT2D eigenvalue weighted by atomic mass is 32.2. The molecule has 4 rings (SSSR count). The van der Waals surface area contributed by atoms with Crippen LogP contribution in [-0.4, -0.2) is 28.2 Å². The van der Waals surface area contributed by atoms with E-state index in [1.807, 2.05) is 48.5 Å². The van der Waals surface area contributed by atoms with Crippen LogP contribution in [0.3, 0.4) is 0 Å². The number of hydrogen-bond acceptors (Lipinski definition) is 4. The zero-order valence-corrected chi connectivity index (χ0v) is 15.2. The molecule has 0 aromatic heterocycles. The van der Waals surface area contributed by atoms with Gasteiger partial charge in [-0.25, -0.2) is 4.79 Å². The number of fused-ring (bicyclic) bond motifs is 1. The lowest BCUT2D eigenvalue weighted by Crippen LogP contribution is -2.34. The Kier molecular flexibility index (Phi) is 4.68. The second-order valence-corrected chi connectivity index (χ2v) is 7.45. The fourth-order valence-corrected chi connectivity index (χ4v) is 4.45. The van der Waals surface area contributed by atoms with Gasteiger partial charge in [-0.1, -0.05) is 42.5 Å². The fraction of sp³-hybridized carbons (Fsp3) is 0.150. The van der Waals surface area contributed by atoms with Crippen LogP contribution in [0.2, 0.25) is 0 Å². The van der Waals surface area contributed by atoms with Crippen LogP contribution in [0.1, 0.15) is 10.9 Å². The lowest BCUT2D eigenvalue weighted by atomic mass is 10.1. The third-order valence-corrected chi connectivity index (χ3v) is 5.78. The van der Waals surface area contributed by atoms with Gasteiger partial charge in [-0.05, 0) is 28.5 Å². The van der Waals surface area contributed by atoms with Crippen molar-refractivity contribution in [1.29, 1.82) is 0 Å². The van der Waals surface area contributed by atoms with Crippen molar-refractivity contribution in [3.63, 3.8) is 0 Å². The summed E-state index contributed by atoms with van der Waals surface area (Å²) in [6.45, 7) is 0.595. The smallest absolute Gasteiger partial charge is 0.308 e. The molecule has 1 N–H and O–H groups in total. The standard InChI is InChI=1S/C20H17N3O3S/c24-20(21-17-9-8-14-4-1-2-5-15(14)12-17)22-10-11-27-19(22)16-6-3-7-18(13-16)23(25)26/h1-9,12-13,19H,10-11H2,(H,21,24)/t19-/m1/s1. The molecule has 1 heterocycles. The molecular formula is C20H17N3O3S.